The smallest absolute Gasteiger partial charge is 0.229 e. The number of allylic oxidation sites excluding steroid dienone is 1. The maximum absolute atomic E-state index is 12.3. The molecule has 0 aliphatic heterocycles. The van der Waals surface area contributed by atoms with Gasteiger partial charge in [-0.05, 0) is 12.5 Å². The Morgan fingerprint density at radius 3 is 2.11 bits per heavy atom. The summed E-state index contributed by atoms with van der Waals surface area (Å²) < 4.78 is 50.8. The maximum Gasteiger partial charge on any atom is 0.229 e. The third-order valence-electron chi connectivity index (χ3n) is 2.13. The van der Waals surface area contributed by atoms with Crippen molar-refractivity contribution in [2.75, 3.05) is 20.6 Å². The van der Waals surface area contributed by atoms with Gasteiger partial charge in [-0.15, -0.1) is 6.58 Å². The van der Waals surface area contributed by atoms with Crippen molar-refractivity contribution in [3.05, 3.63) is 30.4 Å². The molecule has 0 bridgehead atoms. The average molecular weight is 262 g/mol. The van der Waals surface area contributed by atoms with Gasteiger partial charge in [-0.25, -0.2) is 13.2 Å². The quantitative estimate of drug-likeness (QED) is 0.672. The van der Waals surface area contributed by atoms with Crippen molar-refractivity contribution in [1.29, 1.82) is 0 Å². The van der Waals surface area contributed by atoms with E-state index < -0.39 is 20.6 Å². The first-order valence-corrected chi connectivity index (χ1v) is 5.11. The van der Waals surface area contributed by atoms with Gasteiger partial charge < -0.3 is 14.2 Å². The zero-order valence-electron chi connectivity index (χ0n) is 9.63. The summed E-state index contributed by atoms with van der Waals surface area (Å²) in [6.45, 7) is 0.141. The first kappa shape index (κ1) is 14.2. The lowest BCUT2D eigenvalue weighted by atomic mass is 10.1. The summed E-state index contributed by atoms with van der Waals surface area (Å²) >= 11 is 0. The average Bonchev–Trinajstić information content (AvgIpc) is 2.37. The van der Waals surface area contributed by atoms with Crippen molar-refractivity contribution in [2.45, 2.75) is 6.42 Å². The van der Waals surface area contributed by atoms with Crippen molar-refractivity contribution in [3.63, 3.8) is 0 Å². The number of benzene rings is 1. The summed E-state index contributed by atoms with van der Waals surface area (Å²) in [5.74, 6) is -0.223. The Morgan fingerprint density at radius 2 is 1.56 bits per heavy atom. The second-order valence-electron chi connectivity index (χ2n) is 3.13. The van der Waals surface area contributed by atoms with Crippen LogP contribution in [0.4, 0.5) is 13.2 Å². The molecular weight excluding hydrogens is 249 g/mol. The molecule has 0 unspecified atom stereocenters. The fraction of sp³-hybridized carbons (Fsp3) is 0.333. The molecule has 0 heterocycles. The van der Waals surface area contributed by atoms with Crippen molar-refractivity contribution in [1.82, 2.24) is 0 Å². The third kappa shape index (κ3) is 3.32. The van der Waals surface area contributed by atoms with E-state index >= 15 is 0 Å². The largest absolute Gasteiger partial charge is 0.459 e. The molecule has 0 atom stereocenters. The summed E-state index contributed by atoms with van der Waals surface area (Å²) in [5, 5.41) is 0. The molecule has 100 valence electrons. The summed E-state index contributed by atoms with van der Waals surface area (Å²) in [4.78, 5) is 0. The molecule has 0 saturated carbocycles. The summed E-state index contributed by atoms with van der Waals surface area (Å²) in [7, 11) is 0. The van der Waals surface area contributed by atoms with Crippen molar-refractivity contribution >= 4 is 0 Å². The van der Waals surface area contributed by atoms with E-state index in [2.05, 4.69) is 16.1 Å². The minimum Gasteiger partial charge on any atom is -0.459 e. The first-order chi connectivity index (χ1) is 8.78. The van der Waals surface area contributed by atoms with E-state index in [0.717, 1.165) is 0 Å². The molecule has 1 aromatic rings. The topological polar surface area (TPSA) is 27.7 Å². The standard InChI is InChI=1S/C12H13F3O3/c1-2-3-9-4-5-10(16-6-13)12(18-8-15)11(9)17-7-14/h2,4-5H,1,3,6-8H2. The zero-order chi connectivity index (χ0) is 13.4. The molecule has 0 fully saturated rings. The monoisotopic (exact) mass is 262 g/mol. The molecule has 0 spiro atoms. The van der Waals surface area contributed by atoms with E-state index in [1.165, 1.54) is 6.07 Å². The fourth-order valence-corrected chi connectivity index (χ4v) is 1.48. The van der Waals surface area contributed by atoms with Crippen LogP contribution in [0.5, 0.6) is 17.2 Å². The number of hydrogen-bond donors (Lipinski definition) is 0. The Hall–Kier alpha value is -1.85. The maximum atomic E-state index is 12.3. The van der Waals surface area contributed by atoms with Crippen LogP contribution in [0.2, 0.25) is 0 Å². The summed E-state index contributed by atoms with van der Waals surface area (Å²) in [6, 6.07) is 2.94. The van der Waals surface area contributed by atoms with E-state index in [1.807, 2.05) is 0 Å². The van der Waals surface area contributed by atoms with Gasteiger partial charge in [0, 0.05) is 5.56 Å². The molecule has 0 aromatic heterocycles. The molecule has 0 N–H and O–H groups in total. The second kappa shape index (κ2) is 7.47. The van der Waals surface area contributed by atoms with Gasteiger partial charge in [0.15, 0.2) is 11.5 Å². The lowest BCUT2D eigenvalue weighted by Gasteiger charge is -2.16. The highest BCUT2D eigenvalue weighted by molar-refractivity contribution is 5.56. The lowest BCUT2D eigenvalue weighted by molar-refractivity contribution is 0.139. The molecule has 0 saturated heterocycles. The highest BCUT2D eigenvalue weighted by Crippen LogP contribution is 2.41. The Morgan fingerprint density at radius 1 is 0.944 bits per heavy atom. The molecule has 1 aromatic carbocycles. The predicted molar refractivity (Wildman–Crippen MR) is 60.2 cm³/mol. The number of ether oxygens (including phenoxy) is 3. The van der Waals surface area contributed by atoms with Crippen LogP contribution in [0.25, 0.3) is 0 Å². The van der Waals surface area contributed by atoms with Crippen molar-refractivity contribution < 1.29 is 27.4 Å². The van der Waals surface area contributed by atoms with Gasteiger partial charge >= 0.3 is 0 Å². The molecule has 18 heavy (non-hydrogen) atoms. The minimum atomic E-state index is -1.16. The Balaban J connectivity index is 3.23. The number of alkyl halides is 3. The first-order valence-electron chi connectivity index (χ1n) is 5.11. The number of halogens is 3. The van der Waals surface area contributed by atoms with E-state index in [-0.39, 0.29) is 17.2 Å². The molecule has 0 amide bonds. The van der Waals surface area contributed by atoms with Crippen LogP contribution >= 0.6 is 0 Å². The molecule has 0 aliphatic carbocycles. The minimum absolute atomic E-state index is 0.0130. The van der Waals surface area contributed by atoms with Crippen molar-refractivity contribution in [2.24, 2.45) is 0 Å². The van der Waals surface area contributed by atoms with E-state index in [0.29, 0.717) is 12.0 Å². The van der Waals surface area contributed by atoms with E-state index in [1.54, 1.807) is 12.1 Å². The Kier molecular flexibility index (Phi) is 5.90. The number of rotatable bonds is 8. The van der Waals surface area contributed by atoms with E-state index in [9.17, 15) is 13.2 Å². The molecule has 3 nitrogen and oxygen atoms in total. The SMILES string of the molecule is C=CCc1ccc(OCF)c(OCF)c1OCF. The van der Waals surface area contributed by atoms with E-state index in [4.69, 9.17) is 4.74 Å². The summed E-state index contributed by atoms with van der Waals surface area (Å²) in [5.41, 5.74) is 0.539. The van der Waals surface area contributed by atoms with Crippen LogP contribution in [0.3, 0.4) is 0 Å². The van der Waals surface area contributed by atoms with Crippen LogP contribution < -0.4 is 14.2 Å². The van der Waals surface area contributed by atoms with Gasteiger partial charge in [-0.3, -0.25) is 0 Å². The molecule has 6 heteroatoms. The van der Waals surface area contributed by atoms with Gasteiger partial charge in [0.2, 0.25) is 26.3 Å². The van der Waals surface area contributed by atoms with Gasteiger partial charge in [0.05, 0.1) is 0 Å². The molecule has 0 aliphatic rings. The molecular formula is C12H13F3O3. The van der Waals surface area contributed by atoms with Crippen LogP contribution in [0.15, 0.2) is 24.8 Å². The molecule has 0 radical (unpaired) electrons. The lowest BCUT2D eigenvalue weighted by Crippen LogP contribution is -2.03. The van der Waals surface area contributed by atoms with Gasteiger partial charge in [-0.2, -0.15) is 0 Å². The van der Waals surface area contributed by atoms with Gasteiger partial charge in [0.25, 0.3) is 0 Å². The molecule has 1 rings (SSSR count). The highest BCUT2D eigenvalue weighted by atomic mass is 19.1. The van der Waals surface area contributed by atoms with Crippen LogP contribution in [-0.4, -0.2) is 20.6 Å². The highest BCUT2D eigenvalue weighted by Gasteiger charge is 2.17. The fourth-order valence-electron chi connectivity index (χ4n) is 1.48. The predicted octanol–water partition coefficient (Wildman–Crippen LogP) is 3.33. The Bertz CT molecular complexity index is 396. The van der Waals surface area contributed by atoms with Crippen LogP contribution in [-0.2, 0) is 6.42 Å². The summed E-state index contributed by atoms with van der Waals surface area (Å²) in [6.07, 6.45) is 1.93. The van der Waals surface area contributed by atoms with Crippen molar-refractivity contribution in [3.8, 4) is 17.2 Å². The Labute approximate surface area is 103 Å². The third-order valence-corrected chi connectivity index (χ3v) is 2.13. The van der Waals surface area contributed by atoms with Crippen LogP contribution in [0.1, 0.15) is 5.56 Å². The normalized spacial score (nSPS) is 9.94. The van der Waals surface area contributed by atoms with Gasteiger partial charge in [-0.1, -0.05) is 12.1 Å². The van der Waals surface area contributed by atoms with Gasteiger partial charge in [0.1, 0.15) is 0 Å². The van der Waals surface area contributed by atoms with Crippen LogP contribution in [0, 0.1) is 0 Å². The second-order valence-corrected chi connectivity index (χ2v) is 3.13. The number of hydrogen-bond acceptors (Lipinski definition) is 3. The zero-order valence-corrected chi connectivity index (χ0v) is 9.63.